The van der Waals surface area contributed by atoms with E-state index < -0.39 is 0 Å². The minimum Gasteiger partial charge on any atom is -0.438 e. The van der Waals surface area contributed by atoms with Crippen LogP contribution >= 0.6 is 0 Å². The molecule has 0 fully saturated rings. The molecule has 2 unspecified atom stereocenters. The standard InChI is InChI=1S/C55H37N3O/c1-4-16-34-31(13-1)26-28-41(49-42(34)30-43-39-27-25-32-14-2-5-17-35(32)48(39)44-29-33-15-3-6-18-36(33)51(49)50(43)44)53-52-40-21-9-12-24-47(40)59-54(52)57-55(56-53)58-45-22-10-7-19-37(45)38-20-8-11-23-46(38)58/h1-25,27,30,41,44,53H,26,28-29H2,(H,56,57)/t41-,44?,53?/m1/s1. The van der Waals surface area contributed by atoms with Gasteiger partial charge in [-0.2, -0.15) is 4.99 Å². The molecule has 2 aromatic heterocycles. The lowest BCUT2D eigenvalue weighted by Gasteiger charge is -2.36. The number of aliphatic imine (C=N–C) groups is 1. The number of benzene rings is 8. The summed E-state index contributed by atoms with van der Waals surface area (Å²) in [4.78, 5) is 5.41. The average molecular weight is 756 g/mol. The van der Waals surface area contributed by atoms with Crippen LogP contribution in [0.5, 0.6) is 0 Å². The summed E-state index contributed by atoms with van der Waals surface area (Å²) < 4.78 is 9.12. The molecular formula is C55H37N3O. The maximum atomic E-state index is 6.80. The normalized spacial score (nSPS) is 18.4. The zero-order valence-corrected chi connectivity index (χ0v) is 32.2. The van der Waals surface area contributed by atoms with E-state index in [1.807, 2.05) is 0 Å². The number of aromatic nitrogens is 1. The summed E-state index contributed by atoms with van der Waals surface area (Å²) in [6, 6.07) is 60.6. The summed E-state index contributed by atoms with van der Waals surface area (Å²) in [5, 5.41) is 10.4. The molecule has 3 aliphatic carbocycles. The third-order valence-electron chi connectivity index (χ3n) is 14.1. The lowest BCUT2D eigenvalue weighted by molar-refractivity contribution is 0.470. The van der Waals surface area contributed by atoms with Gasteiger partial charge in [0.2, 0.25) is 11.8 Å². The number of nitrogens with zero attached hydrogens (tertiary/aromatic N) is 2. The highest BCUT2D eigenvalue weighted by molar-refractivity contribution is 6.14. The zero-order chi connectivity index (χ0) is 38.3. The van der Waals surface area contributed by atoms with Gasteiger partial charge in [-0.15, -0.1) is 0 Å². The number of furan rings is 1. The number of fused-ring (bicyclic) bond motifs is 17. The van der Waals surface area contributed by atoms with E-state index in [1.165, 1.54) is 82.7 Å². The molecule has 0 amide bonds. The molecule has 0 bridgehead atoms. The van der Waals surface area contributed by atoms with E-state index in [9.17, 15) is 0 Å². The quantitative estimate of drug-likeness (QED) is 0.181. The SMILES string of the molecule is c1ccc2c(c1)CC[C@@H](C1NC(n3c4ccccc4c4ccccc43)=Nc3oc4ccccc4c31)c1c-2cc2c3c1-c1ccccc1CC3c1c-2ccc2ccccc12. The third kappa shape index (κ3) is 4.25. The van der Waals surface area contributed by atoms with Crippen LogP contribution in [-0.4, -0.2) is 10.5 Å². The summed E-state index contributed by atoms with van der Waals surface area (Å²) >= 11 is 0. The van der Waals surface area contributed by atoms with Gasteiger partial charge in [0.15, 0.2) is 0 Å². The Morgan fingerprint density at radius 3 is 2.02 bits per heavy atom. The van der Waals surface area contributed by atoms with Gasteiger partial charge in [-0.25, -0.2) is 0 Å². The van der Waals surface area contributed by atoms with Crippen molar-refractivity contribution in [3.63, 3.8) is 0 Å². The van der Waals surface area contributed by atoms with E-state index in [2.05, 4.69) is 174 Å². The van der Waals surface area contributed by atoms with E-state index in [4.69, 9.17) is 9.41 Å². The molecular weight excluding hydrogens is 719 g/mol. The highest BCUT2D eigenvalue weighted by Gasteiger charge is 2.44. The predicted octanol–water partition coefficient (Wildman–Crippen LogP) is 13.6. The molecule has 3 atom stereocenters. The molecule has 10 aromatic rings. The van der Waals surface area contributed by atoms with Crippen molar-refractivity contribution >= 4 is 55.4 Å². The van der Waals surface area contributed by atoms with Crippen LogP contribution in [0.25, 0.3) is 76.9 Å². The van der Waals surface area contributed by atoms with Gasteiger partial charge in [-0.05, 0) is 115 Å². The lowest BCUT2D eigenvalue weighted by Crippen LogP contribution is -2.39. The van der Waals surface area contributed by atoms with Crippen molar-refractivity contribution in [1.82, 2.24) is 9.88 Å². The molecule has 4 nitrogen and oxygen atoms in total. The van der Waals surface area contributed by atoms with Crippen molar-refractivity contribution in [3.05, 3.63) is 197 Å². The molecule has 1 N–H and O–H groups in total. The first kappa shape index (κ1) is 31.9. The van der Waals surface area contributed by atoms with Crippen molar-refractivity contribution in [2.75, 3.05) is 0 Å². The van der Waals surface area contributed by atoms with Crippen LogP contribution in [0.15, 0.2) is 173 Å². The largest absolute Gasteiger partial charge is 0.438 e. The summed E-state index contributed by atoms with van der Waals surface area (Å²) in [5.41, 5.74) is 19.8. The molecule has 278 valence electrons. The van der Waals surface area contributed by atoms with Gasteiger partial charge in [0, 0.05) is 33.6 Å². The highest BCUT2D eigenvalue weighted by atomic mass is 16.3. The smallest absolute Gasteiger partial charge is 0.228 e. The van der Waals surface area contributed by atoms with Gasteiger partial charge in [0.25, 0.3) is 0 Å². The number of hydrogen-bond donors (Lipinski definition) is 1. The summed E-state index contributed by atoms with van der Waals surface area (Å²) in [6.07, 6.45) is 2.94. The van der Waals surface area contributed by atoms with Crippen molar-refractivity contribution < 1.29 is 4.42 Å². The highest BCUT2D eigenvalue weighted by Crippen LogP contribution is 2.61. The molecule has 3 heterocycles. The Morgan fingerprint density at radius 2 is 1.19 bits per heavy atom. The minimum atomic E-state index is -0.124. The van der Waals surface area contributed by atoms with E-state index in [-0.39, 0.29) is 17.9 Å². The van der Waals surface area contributed by atoms with Crippen molar-refractivity contribution in [1.29, 1.82) is 0 Å². The molecule has 0 saturated heterocycles. The van der Waals surface area contributed by atoms with Crippen LogP contribution in [-0.2, 0) is 12.8 Å². The van der Waals surface area contributed by atoms with Gasteiger partial charge >= 0.3 is 0 Å². The second kappa shape index (κ2) is 11.7. The number of rotatable bonds is 1. The van der Waals surface area contributed by atoms with Gasteiger partial charge in [0.1, 0.15) is 5.58 Å². The van der Waals surface area contributed by atoms with Gasteiger partial charge in [0.05, 0.1) is 17.1 Å². The topological polar surface area (TPSA) is 42.5 Å². The molecule has 1 aliphatic heterocycles. The van der Waals surface area contributed by atoms with Crippen LogP contribution in [0, 0.1) is 0 Å². The van der Waals surface area contributed by atoms with Gasteiger partial charge in [-0.1, -0.05) is 140 Å². The van der Waals surface area contributed by atoms with Crippen molar-refractivity contribution in [3.8, 4) is 33.4 Å². The Kier molecular flexibility index (Phi) is 6.32. The molecule has 0 radical (unpaired) electrons. The minimum absolute atomic E-state index is 0.0864. The molecule has 8 aromatic carbocycles. The molecule has 0 saturated carbocycles. The van der Waals surface area contributed by atoms with Crippen LogP contribution in [0.4, 0.5) is 5.88 Å². The summed E-state index contributed by atoms with van der Waals surface area (Å²) in [5.74, 6) is 1.86. The van der Waals surface area contributed by atoms with Crippen LogP contribution in [0.2, 0.25) is 0 Å². The van der Waals surface area contributed by atoms with Gasteiger partial charge < -0.3 is 9.73 Å². The van der Waals surface area contributed by atoms with Crippen molar-refractivity contribution in [2.45, 2.75) is 37.1 Å². The Morgan fingerprint density at radius 1 is 0.525 bits per heavy atom. The number of aryl methyl sites for hydroxylation is 1. The first-order valence-corrected chi connectivity index (χ1v) is 21.0. The monoisotopic (exact) mass is 755 g/mol. The maximum Gasteiger partial charge on any atom is 0.228 e. The second-order valence-electron chi connectivity index (χ2n) is 16.9. The fourth-order valence-electron chi connectivity index (χ4n) is 11.7. The summed E-state index contributed by atoms with van der Waals surface area (Å²) in [6.45, 7) is 0. The fraction of sp³-hybridized carbons (Fsp3) is 0.109. The van der Waals surface area contributed by atoms with Crippen LogP contribution in [0.3, 0.4) is 0 Å². The molecule has 14 rings (SSSR count). The molecule has 4 heteroatoms. The lowest BCUT2D eigenvalue weighted by atomic mass is 9.70. The predicted molar refractivity (Wildman–Crippen MR) is 241 cm³/mol. The Hall–Kier alpha value is -7.17. The molecule has 0 spiro atoms. The average Bonchev–Trinajstić information content (AvgIpc) is 3.90. The van der Waals surface area contributed by atoms with Crippen LogP contribution in [0.1, 0.15) is 57.7 Å². The zero-order valence-electron chi connectivity index (χ0n) is 32.2. The number of hydrogen-bond acceptors (Lipinski definition) is 3. The summed E-state index contributed by atoms with van der Waals surface area (Å²) in [7, 11) is 0. The Balaban J connectivity index is 1.08. The van der Waals surface area contributed by atoms with Crippen molar-refractivity contribution in [2.24, 2.45) is 4.99 Å². The Bertz CT molecular complexity index is 3440. The first-order chi connectivity index (χ1) is 29.3. The number of para-hydroxylation sites is 3. The molecule has 59 heavy (non-hydrogen) atoms. The van der Waals surface area contributed by atoms with E-state index in [0.29, 0.717) is 5.88 Å². The van der Waals surface area contributed by atoms with E-state index >= 15 is 0 Å². The van der Waals surface area contributed by atoms with E-state index in [0.717, 1.165) is 52.8 Å². The second-order valence-corrected chi connectivity index (χ2v) is 16.9. The first-order valence-electron chi connectivity index (χ1n) is 21.0. The van der Waals surface area contributed by atoms with E-state index in [1.54, 1.807) is 0 Å². The Labute approximate surface area is 341 Å². The maximum absolute atomic E-state index is 6.80. The van der Waals surface area contributed by atoms with Gasteiger partial charge in [-0.3, -0.25) is 4.57 Å². The number of nitrogens with one attached hydrogen (secondary N) is 1. The van der Waals surface area contributed by atoms with Crippen LogP contribution < -0.4 is 5.32 Å². The molecule has 4 aliphatic rings. The fourth-order valence-corrected chi connectivity index (χ4v) is 11.7. The third-order valence-corrected chi connectivity index (χ3v) is 14.1.